The summed E-state index contributed by atoms with van der Waals surface area (Å²) in [4.78, 5) is 11.6. The molecule has 0 saturated carbocycles. The molecule has 0 aliphatic carbocycles. The molecule has 0 spiro atoms. The number of hydrogen-bond acceptors (Lipinski definition) is 7. The molecule has 0 heterocycles. The van der Waals surface area contributed by atoms with Crippen LogP contribution < -0.4 is 0 Å². The maximum atomic E-state index is 11.6. The second-order valence-electron chi connectivity index (χ2n) is 4.54. The molecule has 0 amide bonds. The van der Waals surface area contributed by atoms with Crippen molar-refractivity contribution in [1.82, 2.24) is 0 Å². The summed E-state index contributed by atoms with van der Waals surface area (Å²) in [7, 11) is 2.19. The Bertz CT molecular complexity index is 428. The standard InChI is InChI=1S/C15H24O7Si/c1-17-23(18-2,19-3)11-7-10-20-12-21-13-22-15(16)14-8-5-4-6-9-14/h4-6,8-9H,7,10-13H2,1-3H3. The Hall–Kier alpha value is -1.29. The molecule has 130 valence electrons. The van der Waals surface area contributed by atoms with Crippen LogP contribution in [0.2, 0.25) is 6.04 Å². The smallest absolute Gasteiger partial charge is 0.435 e. The molecule has 0 unspecified atom stereocenters. The average molecular weight is 344 g/mol. The summed E-state index contributed by atoms with van der Waals surface area (Å²) in [6.07, 6.45) is 0.717. The maximum Gasteiger partial charge on any atom is 0.500 e. The largest absolute Gasteiger partial charge is 0.500 e. The molecule has 0 atom stereocenters. The number of rotatable bonds is 12. The van der Waals surface area contributed by atoms with E-state index in [4.69, 9.17) is 27.5 Å². The zero-order valence-electron chi connectivity index (χ0n) is 13.8. The summed E-state index contributed by atoms with van der Waals surface area (Å²) in [5, 5.41) is 0. The predicted octanol–water partition coefficient (Wildman–Crippen LogP) is 2.06. The summed E-state index contributed by atoms with van der Waals surface area (Å²) in [6, 6.07) is 9.37. The Morgan fingerprint density at radius 3 is 2.22 bits per heavy atom. The average Bonchev–Trinajstić information content (AvgIpc) is 2.61. The van der Waals surface area contributed by atoms with Crippen molar-refractivity contribution >= 4 is 14.8 Å². The lowest BCUT2D eigenvalue weighted by molar-refractivity contribution is -0.113. The SMILES string of the molecule is CO[Si](CCCOCOCOC(=O)c1ccccc1)(OC)OC. The second kappa shape index (κ2) is 11.3. The van der Waals surface area contributed by atoms with Crippen LogP contribution in [0, 0.1) is 0 Å². The van der Waals surface area contributed by atoms with E-state index in [2.05, 4.69) is 0 Å². The first-order valence-electron chi connectivity index (χ1n) is 7.20. The van der Waals surface area contributed by atoms with Gasteiger partial charge in [0.1, 0.15) is 0 Å². The fourth-order valence-corrected chi connectivity index (χ4v) is 3.54. The Kier molecular flexibility index (Phi) is 9.68. The lowest BCUT2D eigenvalue weighted by Gasteiger charge is -2.24. The highest BCUT2D eigenvalue weighted by atomic mass is 28.4. The van der Waals surface area contributed by atoms with Gasteiger partial charge in [-0.3, -0.25) is 0 Å². The third kappa shape index (κ3) is 7.21. The van der Waals surface area contributed by atoms with E-state index in [0.717, 1.165) is 6.42 Å². The number of hydrogen-bond donors (Lipinski definition) is 0. The zero-order valence-corrected chi connectivity index (χ0v) is 14.8. The number of ether oxygens (including phenoxy) is 3. The van der Waals surface area contributed by atoms with Crippen LogP contribution in [0.3, 0.4) is 0 Å². The molecule has 1 rings (SSSR count). The van der Waals surface area contributed by atoms with Gasteiger partial charge in [-0.25, -0.2) is 4.79 Å². The first kappa shape index (κ1) is 19.8. The predicted molar refractivity (Wildman–Crippen MR) is 84.8 cm³/mol. The van der Waals surface area contributed by atoms with Crippen molar-refractivity contribution in [3.8, 4) is 0 Å². The summed E-state index contributed by atoms with van der Waals surface area (Å²) in [5.41, 5.74) is 0.483. The van der Waals surface area contributed by atoms with Crippen LogP contribution >= 0.6 is 0 Å². The summed E-state index contributed by atoms with van der Waals surface area (Å²) in [6.45, 7) is 0.363. The molecule has 8 heteroatoms. The van der Waals surface area contributed by atoms with Crippen molar-refractivity contribution in [3.05, 3.63) is 35.9 Å². The topological polar surface area (TPSA) is 72.5 Å². The molecular weight excluding hydrogens is 320 g/mol. The van der Waals surface area contributed by atoms with Crippen molar-refractivity contribution < 1.29 is 32.3 Å². The fraction of sp³-hybridized carbons (Fsp3) is 0.533. The van der Waals surface area contributed by atoms with Gasteiger partial charge >= 0.3 is 14.8 Å². The van der Waals surface area contributed by atoms with Crippen LogP contribution in [0.5, 0.6) is 0 Å². The van der Waals surface area contributed by atoms with Crippen LogP contribution in [0.25, 0.3) is 0 Å². The number of carbonyl (C=O) groups excluding carboxylic acids is 1. The minimum Gasteiger partial charge on any atom is -0.435 e. The van der Waals surface area contributed by atoms with E-state index in [1.54, 1.807) is 45.6 Å². The Morgan fingerprint density at radius 2 is 1.61 bits per heavy atom. The number of esters is 1. The summed E-state index contributed by atoms with van der Waals surface area (Å²) in [5.74, 6) is -0.429. The van der Waals surface area contributed by atoms with Crippen molar-refractivity contribution in [2.75, 3.05) is 41.5 Å². The van der Waals surface area contributed by atoms with Crippen LogP contribution in [-0.2, 0) is 27.5 Å². The van der Waals surface area contributed by atoms with Crippen molar-refractivity contribution in [1.29, 1.82) is 0 Å². The van der Waals surface area contributed by atoms with Crippen molar-refractivity contribution in [2.45, 2.75) is 12.5 Å². The van der Waals surface area contributed by atoms with E-state index >= 15 is 0 Å². The van der Waals surface area contributed by atoms with Crippen molar-refractivity contribution in [3.63, 3.8) is 0 Å². The molecule has 0 saturated heterocycles. The van der Waals surface area contributed by atoms with Gasteiger partial charge in [0.25, 0.3) is 0 Å². The molecule has 1 aromatic rings. The van der Waals surface area contributed by atoms with E-state index in [1.807, 2.05) is 6.07 Å². The van der Waals surface area contributed by atoms with Gasteiger partial charge in [0.15, 0.2) is 13.6 Å². The normalized spacial score (nSPS) is 11.4. The lowest BCUT2D eigenvalue weighted by atomic mass is 10.2. The zero-order chi connectivity index (χ0) is 17.0. The number of benzene rings is 1. The van der Waals surface area contributed by atoms with E-state index < -0.39 is 14.8 Å². The third-order valence-corrected chi connectivity index (χ3v) is 5.99. The molecule has 1 aromatic carbocycles. The molecule has 0 radical (unpaired) electrons. The van der Waals surface area contributed by atoms with Gasteiger partial charge in [-0.2, -0.15) is 0 Å². The van der Waals surface area contributed by atoms with Gasteiger partial charge in [-0.1, -0.05) is 18.2 Å². The van der Waals surface area contributed by atoms with Gasteiger partial charge in [-0.15, -0.1) is 0 Å². The van der Waals surface area contributed by atoms with Gasteiger partial charge in [0.05, 0.1) is 5.56 Å². The highest BCUT2D eigenvalue weighted by Gasteiger charge is 2.36. The quantitative estimate of drug-likeness (QED) is 0.249. The molecular formula is C15H24O7Si. The highest BCUT2D eigenvalue weighted by molar-refractivity contribution is 6.60. The highest BCUT2D eigenvalue weighted by Crippen LogP contribution is 2.14. The first-order chi connectivity index (χ1) is 11.2. The van der Waals surface area contributed by atoms with E-state index in [0.29, 0.717) is 18.2 Å². The van der Waals surface area contributed by atoms with E-state index in [9.17, 15) is 4.79 Å². The minimum absolute atomic E-state index is 0.0452. The van der Waals surface area contributed by atoms with E-state index in [1.165, 1.54) is 0 Å². The molecule has 0 aliphatic heterocycles. The van der Waals surface area contributed by atoms with Crippen molar-refractivity contribution in [2.24, 2.45) is 0 Å². The molecule has 0 N–H and O–H groups in total. The lowest BCUT2D eigenvalue weighted by Crippen LogP contribution is -2.42. The molecule has 0 bridgehead atoms. The Balaban J connectivity index is 2.05. The first-order valence-corrected chi connectivity index (χ1v) is 9.13. The summed E-state index contributed by atoms with van der Waals surface area (Å²) < 4.78 is 31.2. The monoisotopic (exact) mass is 344 g/mol. The second-order valence-corrected chi connectivity index (χ2v) is 7.64. The molecule has 23 heavy (non-hydrogen) atoms. The summed E-state index contributed by atoms with van der Waals surface area (Å²) >= 11 is 0. The molecule has 0 fully saturated rings. The van der Waals surface area contributed by atoms with Crippen LogP contribution in [0.15, 0.2) is 30.3 Å². The van der Waals surface area contributed by atoms with Crippen LogP contribution in [-0.4, -0.2) is 56.3 Å². The molecule has 0 aliphatic rings. The van der Waals surface area contributed by atoms with Gasteiger partial charge < -0.3 is 27.5 Å². The third-order valence-electron chi connectivity index (χ3n) is 3.15. The van der Waals surface area contributed by atoms with Gasteiger partial charge in [0.2, 0.25) is 0 Å². The minimum atomic E-state index is -2.54. The fourth-order valence-electron chi connectivity index (χ4n) is 1.85. The van der Waals surface area contributed by atoms with E-state index in [-0.39, 0.29) is 13.6 Å². The molecule has 0 aromatic heterocycles. The number of carbonyl (C=O) groups is 1. The Morgan fingerprint density at radius 1 is 0.957 bits per heavy atom. The maximum absolute atomic E-state index is 11.6. The molecule has 7 nitrogen and oxygen atoms in total. The Labute approximate surface area is 137 Å². The van der Waals surface area contributed by atoms with Gasteiger partial charge in [-0.05, 0) is 18.6 Å². The van der Waals surface area contributed by atoms with Gasteiger partial charge in [0, 0.05) is 34.0 Å². The van der Waals surface area contributed by atoms with Crippen LogP contribution in [0.1, 0.15) is 16.8 Å². The van der Waals surface area contributed by atoms with Crippen LogP contribution in [0.4, 0.5) is 0 Å².